The molecule has 0 fully saturated rings. The van der Waals surface area contributed by atoms with Gasteiger partial charge >= 0.3 is 5.97 Å². The van der Waals surface area contributed by atoms with Gasteiger partial charge in [0.2, 0.25) is 0 Å². The summed E-state index contributed by atoms with van der Waals surface area (Å²) in [4.78, 5) is 11.0. The zero-order chi connectivity index (χ0) is 23.8. The van der Waals surface area contributed by atoms with E-state index >= 15 is 0 Å². The number of carboxylic acids is 1. The zero-order valence-electron chi connectivity index (χ0n) is 18.9. The average molecular weight is 516 g/mol. The lowest BCUT2D eigenvalue weighted by Crippen LogP contribution is -2.19. The third kappa shape index (κ3) is 6.85. The van der Waals surface area contributed by atoms with E-state index in [0.717, 1.165) is 30.4 Å². The summed E-state index contributed by atoms with van der Waals surface area (Å²) in [7, 11) is 3.16. The number of hydrogen-bond donors (Lipinski definition) is 2. The van der Waals surface area contributed by atoms with Gasteiger partial charge in [-0.3, -0.25) is 4.79 Å². The van der Waals surface area contributed by atoms with Gasteiger partial charge in [0.05, 0.1) is 26.7 Å². The van der Waals surface area contributed by atoms with Gasteiger partial charge in [-0.2, -0.15) is 0 Å². The number of halogens is 1. The Morgan fingerprint density at radius 3 is 2.33 bits per heavy atom. The molecule has 0 aliphatic carbocycles. The van der Waals surface area contributed by atoms with Crippen LogP contribution < -0.4 is 9.47 Å². The van der Waals surface area contributed by atoms with E-state index in [1.54, 1.807) is 14.2 Å². The molecule has 0 unspecified atom stereocenters. The second kappa shape index (κ2) is 11.9. The molecule has 2 atom stereocenters. The molecule has 6 nitrogen and oxygen atoms in total. The van der Waals surface area contributed by atoms with Gasteiger partial charge in [0.25, 0.3) is 0 Å². The van der Waals surface area contributed by atoms with Crippen LogP contribution in [-0.2, 0) is 24.2 Å². The molecule has 0 aliphatic heterocycles. The molecule has 0 saturated heterocycles. The number of nitrogens with zero attached hydrogens (tertiary/aromatic N) is 1. The maximum atomic E-state index is 11.4. The van der Waals surface area contributed by atoms with Gasteiger partial charge in [0.1, 0.15) is 16.0 Å². The monoisotopic (exact) mass is 515 g/mol. The van der Waals surface area contributed by atoms with Gasteiger partial charge in [-0.15, -0.1) is 0 Å². The minimum Gasteiger partial charge on any atom is -0.495 e. The average Bonchev–Trinajstić information content (AvgIpc) is 3.24. The van der Waals surface area contributed by atoms with Gasteiger partial charge in [-0.25, -0.2) is 0 Å². The van der Waals surface area contributed by atoms with Crippen LogP contribution in [0.3, 0.4) is 0 Å². The standard InChI is InChI=1S/C26H30BrNO5/c1-32-22-14-21(15-23(33-2)25(22)27)26(31)20(10-6-9-18-7-4-3-5-8-18)17-28-12-11-19(16-28)13-24(29)30/h3-5,7-8,11-12,14-16,20,26,31H,6,9-10,13,17H2,1-2H3,(H,29,30)/t20-,26-/m0/s1. The largest absolute Gasteiger partial charge is 0.495 e. The van der Waals surface area contributed by atoms with Crippen molar-refractivity contribution in [3.8, 4) is 11.5 Å². The van der Waals surface area contributed by atoms with Crippen LogP contribution in [0.15, 0.2) is 65.4 Å². The lowest BCUT2D eigenvalue weighted by atomic mass is 9.90. The molecule has 7 heteroatoms. The summed E-state index contributed by atoms with van der Waals surface area (Å²) in [5.41, 5.74) is 2.73. The van der Waals surface area contributed by atoms with Gasteiger partial charge < -0.3 is 24.3 Å². The number of carbonyl (C=O) groups is 1. The Kier molecular flexibility index (Phi) is 8.97. The Balaban J connectivity index is 1.81. The molecule has 0 aliphatic rings. The van der Waals surface area contributed by atoms with Crippen LogP contribution in [-0.4, -0.2) is 35.0 Å². The minimum atomic E-state index is -0.860. The Morgan fingerprint density at radius 1 is 1.06 bits per heavy atom. The number of carboxylic acid groups (broad SMARTS) is 1. The summed E-state index contributed by atoms with van der Waals surface area (Å²) in [6, 6.07) is 15.8. The van der Waals surface area contributed by atoms with E-state index in [0.29, 0.717) is 22.5 Å². The third-order valence-corrected chi connectivity index (χ3v) is 6.53. The quantitative estimate of drug-likeness (QED) is 0.343. The van der Waals surface area contributed by atoms with Crippen LogP contribution in [0.2, 0.25) is 0 Å². The highest BCUT2D eigenvalue weighted by Crippen LogP contribution is 2.39. The van der Waals surface area contributed by atoms with E-state index < -0.39 is 12.1 Å². The Bertz CT molecular complexity index is 1020. The highest BCUT2D eigenvalue weighted by atomic mass is 79.9. The Hall–Kier alpha value is -2.77. The van der Waals surface area contributed by atoms with Crippen molar-refractivity contribution < 1.29 is 24.5 Å². The van der Waals surface area contributed by atoms with Gasteiger partial charge in [-0.1, -0.05) is 30.3 Å². The summed E-state index contributed by atoms with van der Waals surface area (Å²) >= 11 is 3.48. The predicted molar refractivity (Wildman–Crippen MR) is 131 cm³/mol. The molecule has 176 valence electrons. The van der Waals surface area contributed by atoms with E-state index in [9.17, 15) is 9.90 Å². The highest BCUT2D eigenvalue weighted by molar-refractivity contribution is 9.10. The van der Waals surface area contributed by atoms with Crippen LogP contribution >= 0.6 is 15.9 Å². The number of aliphatic hydroxyl groups excluding tert-OH is 1. The summed E-state index contributed by atoms with van der Waals surface area (Å²) < 4.78 is 13.6. The summed E-state index contributed by atoms with van der Waals surface area (Å²) in [5, 5.41) is 20.5. The van der Waals surface area contributed by atoms with Crippen molar-refractivity contribution >= 4 is 21.9 Å². The second-order valence-corrected chi connectivity index (χ2v) is 8.90. The lowest BCUT2D eigenvalue weighted by molar-refractivity contribution is -0.136. The maximum absolute atomic E-state index is 11.4. The minimum absolute atomic E-state index is 0.0185. The Labute approximate surface area is 202 Å². The van der Waals surface area contributed by atoms with Crippen molar-refractivity contribution in [2.24, 2.45) is 5.92 Å². The van der Waals surface area contributed by atoms with E-state index in [4.69, 9.17) is 14.6 Å². The van der Waals surface area contributed by atoms with Crippen molar-refractivity contribution in [1.82, 2.24) is 4.57 Å². The summed E-state index contributed by atoms with van der Waals surface area (Å²) in [6.45, 7) is 0.566. The molecule has 0 radical (unpaired) electrons. The molecular formula is C26H30BrNO5. The van der Waals surface area contributed by atoms with Gasteiger partial charge in [0, 0.05) is 24.9 Å². The fourth-order valence-electron chi connectivity index (χ4n) is 4.05. The zero-order valence-corrected chi connectivity index (χ0v) is 20.5. The molecule has 2 N–H and O–H groups in total. The van der Waals surface area contributed by atoms with Crippen LogP contribution in [0, 0.1) is 5.92 Å². The first-order valence-corrected chi connectivity index (χ1v) is 11.7. The number of aliphatic carboxylic acids is 1. The second-order valence-electron chi connectivity index (χ2n) is 8.11. The number of benzene rings is 2. The van der Waals surface area contributed by atoms with Crippen molar-refractivity contribution in [3.05, 3.63) is 82.1 Å². The molecule has 1 aromatic heterocycles. The fourth-order valence-corrected chi connectivity index (χ4v) is 4.60. The van der Waals surface area contributed by atoms with E-state index in [1.807, 2.05) is 53.4 Å². The van der Waals surface area contributed by atoms with Crippen molar-refractivity contribution in [3.63, 3.8) is 0 Å². The highest BCUT2D eigenvalue weighted by Gasteiger charge is 2.24. The molecule has 3 aromatic rings. The first-order chi connectivity index (χ1) is 15.9. The fraction of sp³-hybridized carbons (Fsp3) is 0.346. The van der Waals surface area contributed by atoms with Crippen LogP contribution in [0.1, 0.15) is 35.6 Å². The number of rotatable bonds is 12. The molecule has 1 heterocycles. The predicted octanol–water partition coefficient (Wildman–Crippen LogP) is 5.27. The molecule has 0 amide bonds. The number of aliphatic hydroxyl groups is 1. The molecule has 0 saturated carbocycles. The topological polar surface area (TPSA) is 80.9 Å². The normalized spacial score (nSPS) is 12.8. The van der Waals surface area contributed by atoms with E-state index in [1.165, 1.54) is 5.56 Å². The molecule has 0 bridgehead atoms. The summed E-state index contributed by atoms with van der Waals surface area (Å²) in [5.74, 6) is 0.239. The molecule has 3 rings (SSSR count). The first-order valence-electron chi connectivity index (χ1n) is 10.9. The first kappa shape index (κ1) is 24.9. The third-order valence-electron chi connectivity index (χ3n) is 5.75. The van der Waals surface area contributed by atoms with Crippen molar-refractivity contribution in [2.45, 2.75) is 38.3 Å². The smallest absolute Gasteiger partial charge is 0.307 e. The molecule has 0 spiro atoms. The molecule has 33 heavy (non-hydrogen) atoms. The van der Waals surface area contributed by atoms with E-state index in [2.05, 4.69) is 28.1 Å². The van der Waals surface area contributed by atoms with Gasteiger partial charge in [0.15, 0.2) is 0 Å². The van der Waals surface area contributed by atoms with Crippen molar-refractivity contribution in [1.29, 1.82) is 0 Å². The number of aryl methyl sites for hydroxylation is 1. The Morgan fingerprint density at radius 2 is 1.73 bits per heavy atom. The van der Waals surface area contributed by atoms with Crippen LogP contribution in [0.5, 0.6) is 11.5 Å². The van der Waals surface area contributed by atoms with Crippen LogP contribution in [0.4, 0.5) is 0 Å². The maximum Gasteiger partial charge on any atom is 0.307 e. The number of aromatic nitrogens is 1. The number of ether oxygens (including phenoxy) is 2. The van der Waals surface area contributed by atoms with E-state index in [-0.39, 0.29) is 12.3 Å². The number of hydrogen-bond acceptors (Lipinski definition) is 4. The molecule has 2 aromatic carbocycles. The van der Waals surface area contributed by atoms with Crippen molar-refractivity contribution in [2.75, 3.05) is 14.2 Å². The lowest BCUT2D eigenvalue weighted by Gasteiger charge is -2.25. The number of methoxy groups -OCH3 is 2. The van der Waals surface area contributed by atoms with Crippen LogP contribution in [0.25, 0.3) is 0 Å². The SMILES string of the molecule is COc1cc([C@@H](O)[C@@H](CCCc2ccccc2)Cn2ccc(CC(=O)O)c2)cc(OC)c1Br. The molecular weight excluding hydrogens is 486 g/mol. The summed E-state index contributed by atoms with van der Waals surface area (Å²) in [6.07, 6.45) is 5.58. The van der Waals surface area contributed by atoms with Gasteiger partial charge in [-0.05, 0) is 70.1 Å².